The summed E-state index contributed by atoms with van der Waals surface area (Å²) in [7, 11) is -3.67. The van der Waals surface area contributed by atoms with Crippen molar-refractivity contribution >= 4 is 49.0 Å². The van der Waals surface area contributed by atoms with E-state index in [0.29, 0.717) is 5.02 Å². The van der Waals surface area contributed by atoms with Gasteiger partial charge in [-0.15, -0.1) is 0 Å². The zero-order chi connectivity index (χ0) is 18.4. The Morgan fingerprint density at radius 3 is 2.60 bits per heavy atom. The number of carbonyl (C=O) groups excluding carboxylic acids is 1. The van der Waals surface area contributed by atoms with E-state index < -0.39 is 20.9 Å². The van der Waals surface area contributed by atoms with Gasteiger partial charge in [-0.1, -0.05) is 11.6 Å². The van der Waals surface area contributed by atoms with Gasteiger partial charge < -0.3 is 5.32 Å². The number of nitro groups is 1. The fourth-order valence-corrected chi connectivity index (χ4v) is 3.59. The van der Waals surface area contributed by atoms with Gasteiger partial charge in [0, 0.05) is 18.0 Å². The van der Waals surface area contributed by atoms with Crippen molar-refractivity contribution in [2.75, 3.05) is 11.9 Å². The zero-order valence-corrected chi connectivity index (χ0v) is 15.0. The average molecular weight is 405 g/mol. The maximum atomic E-state index is 12.0. The highest BCUT2D eigenvalue weighted by molar-refractivity contribution is 7.89. The van der Waals surface area contributed by atoms with Crippen LogP contribution in [-0.2, 0) is 14.8 Å². The van der Waals surface area contributed by atoms with Crippen LogP contribution in [0.4, 0.5) is 10.1 Å². The van der Waals surface area contributed by atoms with Crippen LogP contribution in [0, 0.1) is 10.1 Å². The second-order valence-corrected chi connectivity index (χ2v) is 7.98. The van der Waals surface area contributed by atoms with E-state index in [1.807, 2.05) is 0 Å². The molecule has 0 aliphatic heterocycles. The van der Waals surface area contributed by atoms with Gasteiger partial charge in [-0.25, -0.2) is 18.1 Å². The number of anilines is 1. The summed E-state index contributed by atoms with van der Waals surface area (Å²) in [6, 6.07) is 5.70. The number of hydrogen-bond donors (Lipinski definition) is 2. The van der Waals surface area contributed by atoms with Gasteiger partial charge in [0.15, 0.2) is 5.13 Å². The van der Waals surface area contributed by atoms with Crippen LogP contribution in [-0.4, -0.2) is 30.8 Å². The number of benzene rings is 1. The van der Waals surface area contributed by atoms with Crippen molar-refractivity contribution in [2.24, 2.45) is 0 Å². The molecule has 0 atom stereocenters. The van der Waals surface area contributed by atoms with Gasteiger partial charge in [0.2, 0.25) is 15.9 Å². The lowest BCUT2D eigenvalue weighted by Gasteiger charge is -2.06. The van der Waals surface area contributed by atoms with E-state index in [2.05, 4.69) is 15.0 Å². The Hall–Kier alpha value is -2.08. The van der Waals surface area contributed by atoms with E-state index >= 15 is 0 Å². The second-order valence-electron chi connectivity index (χ2n) is 4.76. The van der Waals surface area contributed by atoms with E-state index in [0.717, 1.165) is 17.5 Å². The normalized spacial score (nSPS) is 11.2. The molecule has 0 aliphatic carbocycles. The monoisotopic (exact) mass is 404 g/mol. The van der Waals surface area contributed by atoms with Crippen molar-refractivity contribution in [3.05, 3.63) is 45.6 Å². The Balaban J connectivity index is 1.77. The minimum absolute atomic E-state index is 0.0382. The number of aromatic nitrogens is 1. The van der Waals surface area contributed by atoms with Crippen LogP contribution in [0.1, 0.15) is 12.8 Å². The molecule has 1 heterocycles. The first-order chi connectivity index (χ1) is 11.8. The van der Waals surface area contributed by atoms with Crippen LogP contribution < -0.4 is 10.0 Å². The Kier molecular flexibility index (Phi) is 6.42. The minimum Gasteiger partial charge on any atom is -0.302 e. The van der Waals surface area contributed by atoms with E-state index in [9.17, 15) is 23.3 Å². The van der Waals surface area contributed by atoms with Gasteiger partial charge in [-0.3, -0.25) is 14.9 Å². The summed E-state index contributed by atoms with van der Waals surface area (Å²) >= 11 is 6.45. The lowest BCUT2D eigenvalue weighted by Crippen LogP contribution is -2.25. The number of nitrogens with one attached hydrogen (secondary N) is 2. The average Bonchev–Trinajstić information content (AvgIpc) is 3.01. The summed E-state index contributed by atoms with van der Waals surface area (Å²) in [6.45, 7) is 0.0659. The lowest BCUT2D eigenvalue weighted by molar-refractivity contribution is -0.380. The molecular formula is C13H13ClN4O5S2. The third-order valence-electron chi connectivity index (χ3n) is 2.92. The Bertz CT molecular complexity index is 867. The van der Waals surface area contributed by atoms with Crippen molar-refractivity contribution in [2.45, 2.75) is 17.7 Å². The molecule has 0 aliphatic rings. The number of thiazole rings is 1. The number of sulfonamides is 1. The Morgan fingerprint density at radius 2 is 2.00 bits per heavy atom. The van der Waals surface area contributed by atoms with Crippen molar-refractivity contribution in [3.63, 3.8) is 0 Å². The molecule has 0 radical (unpaired) electrons. The first-order valence-electron chi connectivity index (χ1n) is 6.93. The summed E-state index contributed by atoms with van der Waals surface area (Å²) in [5.41, 5.74) is 0. The fourth-order valence-electron chi connectivity index (χ4n) is 1.74. The SMILES string of the molecule is O=C(CCCNS(=O)(=O)c1ccc(Cl)cc1)Nc1ncc([N+](=O)[O-])s1. The predicted octanol–water partition coefficient (Wildman–Crippen LogP) is 2.40. The van der Waals surface area contributed by atoms with Crippen LogP contribution in [0.2, 0.25) is 5.02 Å². The topological polar surface area (TPSA) is 131 Å². The van der Waals surface area contributed by atoms with Gasteiger partial charge in [-0.2, -0.15) is 0 Å². The van der Waals surface area contributed by atoms with Crippen LogP contribution in [0.3, 0.4) is 0 Å². The first-order valence-corrected chi connectivity index (χ1v) is 9.61. The van der Waals surface area contributed by atoms with Crippen LogP contribution >= 0.6 is 22.9 Å². The van der Waals surface area contributed by atoms with E-state index in [4.69, 9.17) is 11.6 Å². The smallest absolute Gasteiger partial charge is 0.302 e. The van der Waals surface area contributed by atoms with E-state index in [1.165, 1.54) is 24.3 Å². The van der Waals surface area contributed by atoms with Crippen molar-refractivity contribution in [1.29, 1.82) is 0 Å². The maximum Gasteiger partial charge on any atom is 0.345 e. The number of carbonyl (C=O) groups is 1. The lowest BCUT2D eigenvalue weighted by atomic mass is 10.3. The number of amides is 1. The van der Waals surface area contributed by atoms with Crippen molar-refractivity contribution < 1.29 is 18.1 Å². The molecule has 134 valence electrons. The quantitative estimate of drug-likeness (QED) is 0.394. The predicted molar refractivity (Wildman–Crippen MR) is 93.3 cm³/mol. The second kappa shape index (κ2) is 8.34. The van der Waals surface area contributed by atoms with Crippen LogP contribution in [0.15, 0.2) is 35.4 Å². The molecule has 0 unspecified atom stereocenters. The molecule has 2 rings (SSSR count). The molecule has 9 nitrogen and oxygen atoms in total. The Labute approximate surface area is 152 Å². The summed E-state index contributed by atoms with van der Waals surface area (Å²) in [5.74, 6) is -0.407. The van der Waals surface area contributed by atoms with E-state index in [-0.39, 0.29) is 34.4 Å². The summed E-state index contributed by atoms with van der Waals surface area (Å²) < 4.78 is 26.4. The van der Waals surface area contributed by atoms with Gasteiger partial charge in [0.25, 0.3) is 0 Å². The fraction of sp³-hybridized carbons (Fsp3) is 0.231. The number of nitrogens with zero attached hydrogens (tertiary/aromatic N) is 2. The number of hydrogen-bond acceptors (Lipinski definition) is 7. The van der Waals surface area contributed by atoms with Gasteiger partial charge in [0.1, 0.15) is 6.20 Å². The molecule has 0 saturated carbocycles. The van der Waals surface area contributed by atoms with Crippen LogP contribution in [0.5, 0.6) is 0 Å². The summed E-state index contributed by atoms with van der Waals surface area (Å²) in [4.78, 5) is 25.4. The molecule has 2 aromatic rings. The molecule has 0 fully saturated rings. The molecule has 1 amide bonds. The molecule has 0 saturated heterocycles. The first kappa shape index (κ1) is 19.2. The van der Waals surface area contributed by atoms with Gasteiger partial charge in [-0.05, 0) is 42.0 Å². The standard InChI is InChI=1S/C13H13ClN4O5S2/c14-9-3-5-10(6-4-9)25(22,23)16-7-1-2-11(19)17-13-15-8-12(24-13)18(20)21/h3-6,8,16H,1-2,7H2,(H,15,17,19). The third-order valence-corrected chi connectivity index (χ3v) is 5.51. The molecule has 1 aromatic carbocycles. The van der Waals surface area contributed by atoms with Gasteiger partial charge in [0.05, 0.1) is 9.82 Å². The zero-order valence-electron chi connectivity index (χ0n) is 12.6. The summed E-state index contributed by atoms with van der Waals surface area (Å²) in [6.07, 6.45) is 1.35. The minimum atomic E-state index is -3.67. The maximum absolute atomic E-state index is 12.0. The van der Waals surface area contributed by atoms with Gasteiger partial charge >= 0.3 is 5.00 Å². The van der Waals surface area contributed by atoms with Crippen LogP contribution in [0.25, 0.3) is 0 Å². The Morgan fingerprint density at radius 1 is 1.32 bits per heavy atom. The van der Waals surface area contributed by atoms with Crippen molar-refractivity contribution in [1.82, 2.24) is 9.71 Å². The largest absolute Gasteiger partial charge is 0.345 e. The summed E-state index contributed by atoms with van der Waals surface area (Å²) in [5, 5.41) is 13.3. The van der Waals surface area contributed by atoms with Crippen molar-refractivity contribution in [3.8, 4) is 0 Å². The highest BCUT2D eigenvalue weighted by Crippen LogP contribution is 2.24. The highest BCUT2D eigenvalue weighted by atomic mass is 35.5. The third kappa shape index (κ3) is 5.74. The molecule has 2 N–H and O–H groups in total. The molecule has 25 heavy (non-hydrogen) atoms. The highest BCUT2D eigenvalue weighted by Gasteiger charge is 2.15. The van der Waals surface area contributed by atoms with E-state index in [1.54, 1.807) is 0 Å². The molecule has 1 aromatic heterocycles. The number of halogens is 1. The molecule has 12 heteroatoms. The number of rotatable bonds is 8. The molecule has 0 spiro atoms. The molecular weight excluding hydrogens is 392 g/mol. The molecule has 0 bridgehead atoms.